The van der Waals surface area contributed by atoms with Crippen LogP contribution in [0.15, 0.2) is 164 Å². The van der Waals surface area contributed by atoms with Crippen molar-refractivity contribution < 1.29 is 13.2 Å². The van der Waals surface area contributed by atoms with Crippen LogP contribution in [-0.2, 0) is 6.18 Å². The van der Waals surface area contributed by atoms with Gasteiger partial charge in [0.05, 0.1) is 5.56 Å². The highest BCUT2D eigenvalue weighted by Gasteiger charge is 2.57. The van der Waals surface area contributed by atoms with E-state index in [-0.39, 0.29) is 13.6 Å². The first-order chi connectivity index (χ1) is 28.5. The number of hydrogen-bond donors (Lipinski definition) is 0. The summed E-state index contributed by atoms with van der Waals surface area (Å²) >= 11 is 0. The summed E-state index contributed by atoms with van der Waals surface area (Å²) in [6, 6.07) is 55.2. The molecule has 0 saturated heterocycles. The highest BCUT2D eigenvalue weighted by molar-refractivity contribution is 7.06. The normalized spacial score (nSPS) is 14.9. The third kappa shape index (κ3) is 3.58. The smallest absolute Gasteiger partial charge is 0.377 e. The molecule has 4 nitrogen and oxygen atoms in total. The Morgan fingerprint density at radius 1 is 0.362 bits per heavy atom. The summed E-state index contributed by atoms with van der Waals surface area (Å²) in [6.07, 6.45) is -4.57. The Kier molecular flexibility index (Phi) is 5.58. The molecule has 8 aromatic carbocycles. The van der Waals surface area contributed by atoms with E-state index in [9.17, 15) is 0 Å². The molecule has 6 aliphatic heterocycles. The Morgan fingerprint density at radius 2 is 0.776 bits per heavy atom. The minimum Gasteiger partial charge on any atom is -0.377 e. The Bertz CT molecular complexity index is 2980. The van der Waals surface area contributed by atoms with Crippen LogP contribution in [0.3, 0.4) is 0 Å². The predicted octanol–water partition coefficient (Wildman–Crippen LogP) is 9.79. The third-order valence-corrected chi connectivity index (χ3v) is 13.2. The van der Waals surface area contributed by atoms with E-state index in [1.165, 1.54) is 34.2 Å². The molecular formula is C49H27B2F3N4. The molecule has 0 aliphatic carbocycles. The molecule has 0 N–H and O–H groups in total. The molecule has 0 bridgehead atoms. The molecule has 0 spiro atoms. The second-order valence-electron chi connectivity index (χ2n) is 15.9. The third-order valence-electron chi connectivity index (χ3n) is 13.2. The van der Waals surface area contributed by atoms with Gasteiger partial charge in [0.25, 0.3) is 6.71 Å². The van der Waals surface area contributed by atoms with Crippen LogP contribution in [0.1, 0.15) is 5.56 Å². The maximum Gasteiger partial charge on any atom is 0.416 e. The molecule has 14 rings (SSSR count). The minimum absolute atomic E-state index is 0.123. The lowest BCUT2D eigenvalue weighted by Crippen LogP contribution is -2.72. The van der Waals surface area contributed by atoms with Crippen molar-refractivity contribution in [3.63, 3.8) is 0 Å². The summed E-state index contributed by atoms with van der Waals surface area (Å²) in [7, 11) is 0. The van der Waals surface area contributed by atoms with Gasteiger partial charge in [-0.3, -0.25) is 0 Å². The van der Waals surface area contributed by atoms with E-state index < -0.39 is 11.7 Å². The largest absolute Gasteiger partial charge is 0.416 e. The molecule has 0 saturated carbocycles. The van der Waals surface area contributed by atoms with Gasteiger partial charge in [-0.15, -0.1) is 0 Å². The number of fused-ring (bicyclic) bond motifs is 2. The van der Waals surface area contributed by atoms with Gasteiger partial charge in [-0.1, -0.05) is 91.0 Å². The van der Waals surface area contributed by atoms with Crippen LogP contribution in [0, 0.1) is 0 Å². The van der Waals surface area contributed by atoms with Crippen molar-refractivity contribution in [1.82, 2.24) is 0 Å². The van der Waals surface area contributed by atoms with E-state index in [1.54, 1.807) is 0 Å². The summed E-state index contributed by atoms with van der Waals surface area (Å²) in [6.45, 7) is -0.431. The van der Waals surface area contributed by atoms with E-state index in [1.807, 2.05) is 60.7 Å². The summed E-state index contributed by atoms with van der Waals surface area (Å²) in [5.74, 6) is 0. The molecule has 270 valence electrons. The summed E-state index contributed by atoms with van der Waals surface area (Å²) in [5, 5.41) is 0. The zero-order valence-corrected chi connectivity index (χ0v) is 30.7. The lowest BCUT2D eigenvalue weighted by Gasteiger charge is -2.56. The van der Waals surface area contributed by atoms with Crippen molar-refractivity contribution in [3.05, 3.63) is 169 Å². The SMILES string of the molecule is FC(F)(F)c1cc2c3c(c1)N(c1ccccc1)c1ccc4c5c1B3c1c(ccc3c1N5B1c5c-3cccc5N(c3ccccc3)c3cccc-4c31)N2c1ccccc1. The number of benzene rings is 8. The van der Waals surface area contributed by atoms with Crippen LogP contribution >= 0.6 is 0 Å². The van der Waals surface area contributed by atoms with E-state index in [4.69, 9.17) is 0 Å². The Morgan fingerprint density at radius 3 is 1.21 bits per heavy atom. The van der Waals surface area contributed by atoms with Crippen LogP contribution in [0.4, 0.5) is 75.7 Å². The van der Waals surface area contributed by atoms with Gasteiger partial charge in [0.2, 0.25) is 0 Å². The standard InChI is InChI=1S/C49H27B2F3N4/c52-49(53,54)28-26-40-44-41(27-28)57(31-16-8-3-9-17-31)39-25-23-35-33-19-11-21-37-43(33)51-42-32(18-10-20-36(42)55(37)29-12-4-1-5-13-29)34-22-24-38(56(40)30-14-6-2-7-15-30)45-47(34)58(51)48(35)46(39)50(44)45/h1-27H. The first-order valence-electron chi connectivity index (χ1n) is 19.7. The highest BCUT2D eigenvalue weighted by Crippen LogP contribution is 2.57. The van der Waals surface area contributed by atoms with Crippen LogP contribution in [-0.4, -0.2) is 13.6 Å². The topological polar surface area (TPSA) is 13.0 Å². The lowest BCUT2D eigenvalue weighted by molar-refractivity contribution is -0.137. The first kappa shape index (κ1) is 31.0. The molecule has 0 radical (unpaired) electrons. The Hall–Kier alpha value is -7.12. The molecular weight excluding hydrogens is 723 g/mol. The Labute approximate surface area is 332 Å². The van der Waals surface area contributed by atoms with E-state index >= 15 is 13.2 Å². The van der Waals surface area contributed by atoms with E-state index in [0.29, 0.717) is 11.4 Å². The summed E-state index contributed by atoms with van der Waals surface area (Å²) in [4.78, 5) is 9.20. The molecule has 0 fully saturated rings. The fourth-order valence-electron chi connectivity index (χ4n) is 11.3. The number of hydrogen-bond acceptors (Lipinski definition) is 4. The predicted molar refractivity (Wildman–Crippen MR) is 232 cm³/mol. The van der Waals surface area contributed by atoms with Crippen LogP contribution < -0.4 is 46.8 Å². The lowest BCUT2D eigenvalue weighted by atomic mass is 9.29. The minimum atomic E-state index is -4.57. The molecule has 0 atom stereocenters. The van der Waals surface area contributed by atoms with Crippen molar-refractivity contribution in [2.45, 2.75) is 6.18 Å². The quantitative estimate of drug-likeness (QED) is 0.167. The second kappa shape index (κ2) is 10.4. The Balaban J connectivity index is 1.19. The first-order valence-corrected chi connectivity index (χ1v) is 19.7. The van der Waals surface area contributed by atoms with Gasteiger partial charge in [-0.2, -0.15) is 13.2 Å². The van der Waals surface area contributed by atoms with Crippen molar-refractivity contribution >= 4 is 103 Å². The van der Waals surface area contributed by atoms with Gasteiger partial charge < -0.3 is 19.5 Å². The van der Waals surface area contributed by atoms with Crippen molar-refractivity contribution in [2.24, 2.45) is 0 Å². The molecule has 9 heteroatoms. The van der Waals surface area contributed by atoms with Gasteiger partial charge in [0, 0.05) is 73.7 Å². The second-order valence-corrected chi connectivity index (χ2v) is 15.9. The van der Waals surface area contributed by atoms with Crippen molar-refractivity contribution in [2.75, 3.05) is 19.5 Å². The van der Waals surface area contributed by atoms with E-state index in [2.05, 4.69) is 111 Å². The van der Waals surface area contributed by atoms with Gasteiger partial charge in [-0.25, -0.2) is 0 Å². The monoisotopic (exact) mass is 750 g/mol. The van der Waals surface area contributed by atoms with Crippen molar-refractivity contribution in [3.8, 4) is 22.3 Å². The molecule has 0 aromatic heterocycles. The molecule has 0 unspecified atom stereocenters. The zero-order chi connectivity index (χ0) is 38.2. The fraction of sp³-hybridized carbons (Fsp3) is 0.0204. The van der Waals surface area contributed by atoms with Crippen LogP contribution in [0.5, 0.6) is 0 Å². The highest BCUT2D eigenvalue weighted by atomic mass is 19.4. The van der Waals surface area contributed by atoms with Gasteiger partial charge in [0.15, 0.2) is 0 Å². The number of alkyl halides is 3. The van der Waals surface area contributed by atoms with E-state index in [0.717, 1.165) is 78.7 Å². The maximum absolute atomic E-state index is 15.2. The maximum atomic E-state index is 15.2. The number of anilines is 11. The molecule has 6 heterocycles. The molecule has 0 amide bonds. The number of nitrogens with zero attached hydrogens (tertiary/aromatic N) is 4. The number of para-hydroxylation sites is 3. The van der Waals surface area contributed by atoms with Gasteiger partial charge >= 0.3 is 13.0 Å². The summed E-state index contributed by atoms with van der Waals surface area (Å²) < 4.78 is 45.5. The number of rotatable bonds is 3. The number of halogens is 3. The molecule has 6 aliphatic rings. The molecule has 8 aromatic rings. The van der Waals surface area contributed by atoms with Gasteiger partial charge in [0.1, 0.15) is 0 Å². The summed E-state index contributed by atoms with van der Waals surface area (Å²) in [5.41, 5.74) is 19.9. The van der Waals surface area contributed by atoms with Crippen LogP contribution in [0.2, 0.25) is 0 Å². The molecule has 58 heavy (non-hydrogen) atoms. The van der Waals surface area contributed by atoms with Gasteiger partial charge in [-0.05, 0) is 111 Å². The van der Waals surface area contributed by atoms with Crippen LogP contribution in [0.25, 0.3) is 22.3 Å². The average molecular weight is 750 g/mol. The fourth-order valence-corrected chi connectivity index (χ4v) is 11.3. The van der Waals surface area contributed by atoms with Crippen molar-refractivity contribution in [1.29, 1.82) is 0 Å². The zero-order valence-electron chi connectivity index (χ0n) is 30.7. The average Bonchev–Trinajstić information content (AvgIpc) is 3.26.